The topological polar surface area (TPSA) is 77.1 Å². The largest absolute Gasteiger partial charge is 0.340 e. The molecule has 116 valence electrons. The number of rotatable bonds is 3. The van der Waals surface area contributed by atoms with Crippen molar-refractivity contribution in [3.8, 4) is 0 Å². The highest BCUT2D eigenvalue weighted by molar-refractivity contribution is 5.83. The summed E-state index contributed by atoms with van der Waals surface area (Å²) in [7, 11) is 1.90. The number of aromatic nitrogens is 4. The molecule has 4 rings (SSSR count). The first-order valence-electron chi connectivity index (χ1n) is 7.72. The highest BCUT2D eigenvalue weighted by Gasteiger charge is 2.48. The molecular formula is C15H19N5O2. The normalized spacial score (nSPS) is 27.4. The van der Waals surface area contributed by atoms with Gasteiger partial charge in [0.25, 0.3) is 0 Å². The Morgan fingerprint density at radius 3 is 3.00 bits per heavy atom. The zero-order valence-corrected chi connectivity index (χ0v) is 12.8. The van der Waals surface area contributed by atoms with E-state index in [1.54, 1.807) is 11.6 Å². The van der Waals surface area contributed by atoms with Crippen LogP contribution in [0.15, 0.2) is 16.9 Å². The fourth-order valence-corrected chi connectivity index (χ4v) is 3.43. The molecule has 0 bridgehead atoms. The molecule has 0 unspecified atom stereocenters. The smallest absolute Gasteiger partial charge is 0.226 e. The fourth-order valence-electron chi connectivity index (χ4n) is 3.43. The van der Waals surface area contributed by atoms with E-state index in [9.17, 15) is 4.79 Å². The lowest BCUT2D eigenvalue weighted by Gasteiger charge is -2.22. The fraction of sp³-hybridized carbons (Fsp3) is 0.600. The summed E-state index contributed by atoms with van der Waals surface area (Å²) in [5.74, 6) is 1.81. The Labute approximate surface area is 128 Å². The van der Waals surface area contributed by atoms with Gasteiger partial charge in [-0.15, -0.1) is 0 Å². The quantitative estimate of drug-likeness (QED) is 0.860. The minimum atomic E-state index is -0.0277. The van der Waals surface area contributed by atoms with Gasteiger partial charge in [-0.2, -0.15) is 10.1 Å². The van der Waals surface area contributed by atoms with E-state index in [1.807, 2.05) is 24.3 Å². The number of nitrogens with zero attached hydrogens (tertiary/aromatic N) is 5. The molecule has 2 aromatic heterocycles. The summed E-state index contributed by atoms with van der Waals surface area (Å²) in [6.07, 6.45) is 6.69. The number of amides is 1. The summed E-state index contributed by atoms with van der Waals surface area (Å²) < 4.78 is 6.85. The number of hydrogen-bond acceptors (Lipinski definition) is 5. The number of aryl methyl sites for hydroxylation is 2. The van der Waals surface area contributed by atoms with Gasteiger partial charge in [-0.3, -0.25) is 9.48 Å². The van der Waals surface area contributed by atoms with Gasteiger partial charge in [-0.1, -0.05) is 5.16 Å². The van der Waals surface area contributed by atoms with E-state index in [0.717, 1.165) is 31.4 Å². The van der Waals surface area contributed by atoms with E-state index in [0.29, 0.717) is 17.6 Å². The average molecular weight is 301 g/mol. The van der Waals surface area contributed by atoms with Crippen molar-refractivity contribution in [2.45, 2.75) is 38.1 Å². The highest BCUT2D eigenvalue weighted by Crippen LogP contribution is 2.49. The molecule has 0 spiro atoms. The Morgan fingerprint density at radius 1 is 1.45 bits per heavy atom. The summed E-state index contributed by atoms with van der Waals surface area (Å²) in [6, 6.07) is -0.0277. The van der Waals surface area contributed by atoms with Crippen LogP contribution in [-0.2, 0) is 11.8 Å². The van der Waals surface area contributed by atoms with Crippen LogP contribution in [0.4, 0.5) is 0 Å². The number of hydrogen-bond donors (Lipinski definition) is 0. The van der Waals surface area contributed by atoms with E-state index >= 15 is 0 Å². The lowest BCUT2D eigenvalue weighted by atomic mass is 10.1. The van der Waals surface area contributed by atoms with Gasteiger partial charge in [-0.05, 0) is 30.7 Å². The molecule has 1 saturated carbocycles. The maximum absolute atomic E-state index is 12.8. The molecule has 1 saturated heterocycles. The molecule has 2 aliphatic rings. The lowest BCUT2D eigenvalue weighted by molar-refractivity contribution is -0.133. The van der Waals surface area contributed by atoms with Crippen molar-refractivity contribution in [1.29, 1.82) is 0 Å². The van der Waals surface area contributed by atoms with E-state index in [2.05, 4.69) is 15.2 Å². The van der Waals surface area contributed by atoms with Gasteiger partial charge in [0.1, 0.15) is 0 Å². The zero-order valence-electron chi connectivity index (χ0n) is 12.8. The van der Waals surface area contributed by atoms with Crippen molar-refractivity contribution in [3.63, 3.8) is 0 Å². The number of carbonyl (C=O) groups excluding carboxylic acids is 1. The summed E-state index contributed by atoms with van der Waals surface area (Å²) in [6.45, 7) is 2.56. The standard InChI is InChI=1S/C15H19N5O2/c1-9-17-14(18-22-9)13-4-3-5-20(13)15(21)12-6-11(12)10-7-16-19(2)8-10/h7-8,11-13H,3-6H2,1-2H3/t11-,12+,13-/m0/s1. The van der Waals surface area contributed by atoms with E-state index in [-0.39, 0.29) is 17.9 Å². The van der Waals surface area contributed by atoms with Gasteiger partial charge in [0, 0.05) is 32.6 Å². The van der Waals surface area contributed by atoms with Crippen LogP contribution in [0.3, 0.4) is 0 Å². The third kappa shape index (κ3) is 2.20. The Balaban J connectivity index is 1.48. The van der Waals surface area contributed by atoms with Gasteiger partial charge in [-0.25, -0.2) is 0 Å². The number of carbonyl (C=O) groups is 1. The maximum atomic E-state index is 12.8. The molecule has 1 aliphatic carbocycles. The predicted molar refractivity (Wildman–Crippen MR) is 76.8 cm³/mol. The summed E-state index contributed by atoms with van der Waals surface area (Å²) in [5, 5.41) is 8.19. The molecular weight excluding hydrogens is 282 g/mol. The molecule has 22 heavy (non-hydrogen) atoms. The summed E-state index contributed by atoms with van der Waals surface area (Å²) in [4.78, 5) is 19.0. The Morgan fingerprint density at radius 2 is 2.32 bits per heavy atom. The zero-order chi connectivity index (χ0) is 15.3. The van der Waals surface area contributed by atoms with Gasteiger partial charge in [0.15, 0.2) is 5.82 Å². The molecule has 7 nitrogen and oxygen atoms in total. The molecule has 2 fully saturated rings. The predicted octanol–water partition coefficient (Wildman–Crippen LogP) is 1.58. The molecule has 1 aliphatic heterocycles. The first-order valence-corrected chi connectivity index (χ1v) is 7.72. The summed E-state index contributed by atoms with van der Waals surface area (Å²) >= 11 is 0. The van der Waals surface area contributed by atoms with Gasteiger partial charge >= 0.3 is 0 Å². The van der Waals surface area contributed by atoms with Crippen LogP contribution >= 0.6 is 0 Å². The van der Waals surface area contributed by atoms with Crippen LogP contribution in [-0.4, -0.2) is 37.3 Å². The third-order valence-electron chi connectivity index (χ3n) is 4.64. The monoisotopic (exact) mass is 301 g/mol. The molecule has 1 amide bonds. The SMILES string of the molecule is Cc1nc([C@@H]2CCCN2C(=O)[C@@H]2C[C@H]2c2cnn(C)c2)no1. The van der Waals surface area contributed by atoms with E-state index < -0.39 is 0 Å². The Kier molecular flexibility index (Phi) is 3.02. The molecule has 2 aromatic rings. The van der Waals surface area contributed by atoms with E-state index in [4.69, 9.17) is 4.52 Å². The third-order valence-corrected chi connectivity index (χ3v) is 4.64. The van der Waals surface area contributed by atoms with Crippen LogP contribution in [0.25, 0.3) is 0 Å². The van der Waals surface area contributed by atoms with Crippen LogP contribution in [0, 0.1) is 12.8 Å². The van der Waals surface area contributed by atoms with Crippen molar-refractivity contribution in [2.75, 3.05) is 6.54 Å². The molecule has 3 heterocycles. The second kappa shape index (κ2) is 4.93. The first-order chi connectivity index (χ1) is 10.6. The lowest BCUT2D eigenvalue weighted by Crippen LogP contribution is -2.32. The van der Waals surface area contributed by atoms with Crippen molar-refractivity contribution in [1.82, 2.24) is 24.8 Å². The van der Waals surface area contributed by atoms with Crippen LogP contribution in [0.2, 0.25) is 0 Å². The molecule has 3 atom stereocenters. The van der Waals surface area contributed by atoms with Crippen molar-refractivity contribution in [2.24, 2.45) is 13.0 Å². The van der Waals surface area contributed by atoms with Crippen LogP contribution in [0.5, 0.6) is 0 Å². The Hall–Kier alpha value is -2.18. The van der Waals surface area contributed by atoms with Crippen molar-refractivity contribution < 1.29 is 9.32 Å². The van der Waals surface area contributed by atoms with Crippen molar-refractivity contribution >= 4 is 5.91 Å². The number of likely N-dealkylation sites (tertiary alicyclic amines) is 1. The van der Waals surface area contributed by atoms with Crippen LogP contribution in [0.1, 0.15) is 48.5 Å². The maximum Gasteiger partial charge on any atom is 0.226 e. The molecule has 0 aromatic carbocycles. The van der Waals surface area contributed by atoms with Gasteiger partial charge < -0.3 is 9.42 Å². The highest BCUT2D eigenvalue weighted by atomic mass is 16.5. The molecule has 0 radical (unpaired) electrons. The first kappa shape index (κ1) is 13.5. The summed E-state index contributed by atoms with van der Waals surface area (Å²) in [5.41, 5.74) is 1.16. The van der Waals surface area contributed by atoms with Gasteiger partial charge in [0.05, 0.1) is 12.2 Å². The minimum absolute atomic E-state index is 0.0277. The Bertz CT molecular complexity index is 706. The van der Waals surface area contributed by atoms with Crippen LogP contribution < -0.4 is 0 Å². The average Bonchev–Trinajstić information content (AvgIpc) is 2.85. The molecule has 0 N–H and O–H groups in total. The second-order valence-corrected chi connectivity index (χ2v) is 6.26. The minimum Gasteiger partial charge on any atom is -0.340 e. The van der Waals surface area contributed by atoms with E-state index in [1.165, 1.54) is 0 Å². The second-order valence-electron chi connectivity index (χ2n) is 6.26. The molecule has 7 heteroatoms. The van der Waals surface area contributed by atoms with Crippen molar-refractivity contribution in [3.05, 3.63) is 29.7 Å². The van der Waals surface area contributed by atoms with Gasteiger partial charge in [0.2, 0.25) is 11.8 Å².